The molecule has 3 rings (SSSR count). The highest BCUT2D eigenvalue weighted by Gasteiger charge is 2.17. The predicted molar refractivity (Wildman–Crippen MR) is 90.3 cm³/mol. The van der Waals surface area contributed by atoms with Gasteiger partial charge in [0.15, 0.2) is 11.6 Å². The Morgan fingerprint density at radius 2 is 2.12 bits per heavy atom. The van der Waals surface area contributed by atoms with Crippen molar-refractivity contribution in [2.45, 2.75) is 13.0 Å². The first-order valence-electron chi connectivity index (χ1n) is 7.62. The predicted octanol–water partition coefficient (Wildman–Crippen LogP) is 2.33. The number of hydrogen-bond acceptors (Lipinski definition) is 4. The van der Waals surface area contributed by atoms with Crippen molar-refractivity contribution in [3.05, 3.63) is 76.1 Å². The van der Waals surface area contributed by atoms with Gasteiger partial charge in [-0.3, -0.25) is 14.0 Å². The number of nitrogens with one attached hydrogen (secondary N) is 1. The number of carbonyl (C=O) groups excluding carboxylic acids is 1. The van der Waals surface area contributed by atoms with E-state index in [1.54, 1.807) is 37.4 Å². The van der Waals surface area contributed by atoms with Gasteiger partial charge in [-0.15, -0.1) is 0 Å². The molecule has 0 saturated heterocycles. The second kappa shape index (κ2) is 6.72. The molecular weight excluding hydrogens is 325 g/mol. The summed E-state index contributed by atoms with van der Waals surface area (Å²) in [5, 5.41) is 2.68. The number of fused-ring (bicyclic) bond motifs is 1. The maximum atomic E-state index is 13.8. The average Bonchev–Trinajstić information content (AvgIpc) is 2.62. The van der Waals surface area contributed by atoms with E-state index in [1.165, 1.54) is 29.8 Å². The largest absolute Gasteiger partial charge is 0.494 e. The summed E-state index contributed by atoms with van der Waals surface area (Å²) in [5.41, 5.74) is 0.468. The van der Waals surface area contributed by atoms with E-state index in [1.807, 2.05) is 0 Å². The van der Waals surface area contributed by atoms with Crippen molar-refractivity contribution < 1.29 is 13.9 Å². The van der Waals surface area contributed by atoms with Crippen molar-refractivity contribution in [3.8, 4) is 5.75 Å². The monoisotopic (exact) mass is 341 g/mol. The van der Waals surface area contributed by atoms with Crippen LogP contribution in [0.2, 0.25) is 0 Å². The minimum absolute atomic E-state index is 0.0791. The molecule has 0 aliphatic heterocycles. The third-order valence-corrected chi connectivity index (χ3v) is 3.88. The molecule has 0 saturated carbocycles. The van der Waals surface area contributed by atoms with E-state index in [4.69, 9.17) is 4.74 Å². The minimum atomic E-state index is -0.570. The Labute approximate surface area is 142 Å². The Kier molecular flexibility index (Phi) is 4.47. The minimum Gasteiger partial charge on any atom is -0.494 e. The first kappa shape index (κ1) is 16.6. The quantitative estimate of drug-likeness (QED) is 0.790. The second-order valence-electron chi connectivity index (χ2n) is 5.49. The number of ether oxygens (including phenoxy) is 1. The molecule has 1 unspecified atom stereocenters. The number of halogens is 1. The number of rotatable bonds is 4. The maximum absolute atomic E-state index is 13.8. The zero-order valence-electron chi connectivity index (χ0n) is 13.7. The van der Waals surface area contributed by atoms with Crippen molar-refractivity contribution in [2.24, 2.45) is 0 Å². The molecule has 0 radical (unpaired) electrons. The van der Waals surface area contributed by atoms with Crippen molar-refractivity contribution in [3.63, 3.8) is 0 Å². The van der Waals surface area contributed by atoms with E-state index < -0.39 is 23.3 Å². The molecule has 2 heterocycles. The lowest BCUT2D eigenvalue weighted by Gasteiger charge is -2.15. The molecule has 0 bridgehead atoms. The molecule has 25 heavy (non-hydrogen) atoms. The van der Waals surface area contributed by atoms with Gasteiger partial charge in [-0.25, -0.2) is 9.37 Å². The molecule has 1 atom stereocenters. The summed E-state index contributed by atoms with van der Waals surface area (Å²) in [6.07, 6.45) is 2.79. The number of hydrogen-bond donors (Lipinski definition) is 1. The summed E-state index contributed by atoms with van der Waals surface area (Å²) in [6, 6.07) is 9.03. The number of aromatic nitrogens is 2. The van der Waals surface area contributed by atoms with Crippen molar-refractivity contribution >= 4 is 11.6 Å². The van der Waals surface area contributed by atoms with E-state index in [9.17, 15) is 14.0 Å². The van der Waals surface area contributed by atoms with E-state index >= 15 is 0 Å². The number of carbonyl (C=O) groups is 1. The third-order valence-electron chi connectivity index (χ3n) is 3.88. The molecule has 1 amide bonds. The van der Waals surface area contributed by atoms with Gasteiger partial charge in [0, 0.05) is 12.4 Å². The van der Waals surface area contributed by atoms with E-state index in [0.29, 0.717) is 11.2 Å². The normalized spacial score (nSPS) is 12.0. The molecule has 1 aromatic carbocycles. The molecule has 6 nitrogen and oxygen atoms in total. The zero-order valence-corrected chi connectivity index (χ0v) is 13.7. The lowest BCUT2D eigenvalue weighted by Crippen LogP contribution is -2.33. The molecule has 2 aromatic heterocycles. The number of pyridine rings is 1. The molecule has 128 valence electrons. The van der Waals surface area contributed by atoms with Gasteiger partial charge in [-0.2, -0.15) is 0 Å². The van der Waals surface area contributed by atoms with E-state index in [0.717, 1.165) is 0 Å². The van der Waals surface area contributed by atoms with E-state index in [-0.39, 0.29) is 11.3 Å². The lowest BCUT2D eigenvalue weighted by molar-refractivity contribution is 0.0937. The first-order chi connectivity index (χ1) is 12.0. The summed E-state index contributed by atoms with van der Waals surface area (Å²) < 4.78 is 20.0. The third kappa shape index (κ3) is 3.21. The van der Waals surface area contributed by atoms with Crippen LogP contribution in [0.1, 0.15) is 28.9 Å². The van der Waals surface area contributed by atoms with Crippen LogP contribution in [0.3, 0.4) is 0 Å². The second-order valence-corrected chi connectivity index (χ2v) is 5.49. The Morgan fingerprint density at radius 1 is 1.32 bits per heavy atom. The van der Waals surface area contributed by atoms with Gasteiger partial charge in [0.25, 0.3) is 11.5 Å². The molecule has 7 heteroatoms. The van der Waals surface area contributed by atoms with Gasteiger partial charge in [0.05, 0.1) is 13.2 Å². The molecule has 3 aromatic rings. The lowest BCUT2D eigenvalue weighted by atomic mass is 10.1. The molecule has 0 spiro atoms. The Morgan fingerprint density at radius 3 is 2.84 bits per heavy atom. The highest BCUT2D eigenvalue weighted by Crippen LogP contribution is 2.21. The van der Waals surface area contributed by atoms with Crippen LogP contribution in [0, 0.1) is 5.82 Å². The Balaban J connectivity index is 1.86. The standard InChI is InChI=1S/C18H16FN3O3/c1-11(12-6-7-15(25-2)14(19)9-12)21-17(23)13-10-20-16-5-3-4-8-22(16)18(13)24/h3-11H,1-2H3,(H,21,23). The fourth-order valence-corrected chi connectivity index (χ4v) is 2.49. The van der Waals surface area contributed by atoms with Gasteiger partial charge in [0.1, 0.15) is 11.2 Å². The topological polar surface area (TPSA) is 72.7 Å². The van der Waals surface area contributed by atoms with Gasteiger partial charge < -0.3 is 10.1 Å². The number of methoxy groups -OCH3 is 1. The van der Waals surface area contributed by atoms with E-state index in [2.05, 4.69) is 10.3 Å². The van der Waals surface area contributed by atoms with Crippen molar-refractivity contribution in [1.82, 2.24) is 14.7 Å². The maximum Gasteiger partial charge on any atom is 0.270 e. The highest BCUT2D eigenvalue weighted by molar-refractivity contribution is 5.94. The molecule has 0 aliphatic rings. The fourth-order valence-electron chi connectivity index (χ4n) is 2.49. The van der Waals surface area contributed by atoms with Crippen LogP contribution >= 0.6 is 0 Å². The number of amides is 1. The van der Waals surface area contributed by atoms with Gasteiger partial charge >= 0.3 is 0 Å². The molecule has 0 aliphatic carbocycles. The van der Waals surface area contributed by atoms with Crippen LogP contribution in [-0.2, 0) is 0 Å². The summed E-state index contributed by atoms with van der Waals surface area (Å²) in [5.74, 6) is -0.965. The highest BCUT2D eigenvalue weighted by atomic mass is 19.1. The summed E-state index contributed by atoms with van der Waals surface area (Å²) >= 11 is 0. The van der Waals surface area contributed by atoms with Crippen molar-refractivity contribution in [1.29, 1.82) is 0 Å². The Bertz CT molecular complexity index is 1000. The molecular formula is C18H16FN3O3. The summed E-state index contributed by atoms with van der Waals surface area (Å²) in [6.45, 7) is 1.70. The van der Waals surface area contributed by atoms with Gasteiger partial charge in [-0.1, -0.05) is 12.1 Å². The van der Waals surface area contributed by atoms with Crippen molar-refractivity contribution in [2.75, 3.05) is 7.11 Å². The van der Waals surface area contributed by atoms with Gasteiger partial charge in [-0.05, 0) is 36.8 Å². The van der Waals surface area contributed by atoms with Crippen LogP contribution < -0.4 is 15.6 Å². The van der Waals surface area contributed by atoms with Crippen LogP contribution in [0.4, 0.5) is 4.39 Å². The average molecular weight is 341 g/mol. The molecule has 0 fully saturated rings. The fraction of sp³-hybridized carbons (Fsp3) is 0.167. The SMILES string of the molecule is COc1ccc(C(C)NC(=O)c2cnc3ccccn3c2=O)cc1F. The zero-order chi connectivity index (χ0) is 18.0. The summed E-state index contributed by atoms with van der Waals surface area (Å²) in [7, 11) is 1.38. The molecule has 1 N–H and O–H groups in total. The number of nitrogens with zero attached hydrogens (tertiary/aromatic N) is 2. The number of benzene rings is 1. The van der Waals surface area contributed by atoms with Crippen LogP contribution in [0.5, 0.6) is 5.75 Å². The van der Waals surface area contributed by atoms with Crippen LogP contribution in [0.25, 0.3) is 5.65 Å². The smallest absolute Gasteiger partial charge is 0.270 e. The van der Waals surface area contributed by atoms with Crippen LogP contribution in [-0.4, -0.2) is 22.4 Å². The van der Waals surface area contributed by atoms with Gasteiger partial charge in [0.2, 0.25) is 0 Å². The van der Waals surface area contributed by atoms with Crippen LogP contribution in [0.15, 0.2) is 53.6 Å². The first-order valence-corrected chi connectivity index (χ1v) is 7.62. The summed E-state index contributed by atoms with van der Waals surface area (Å²) in [4.78, 5) is 28.9. The Hall–Kier alpha value is -3.22.